The van der Waals surface area contributed by atoms with E-state index in [1.807, 2.05) is 26.0 Å². The quantitative estimate of drug-likeness (QED) is 0.902. The fourth-order valence-corrected chi connectivity index (χ4v) is 1.84. The largest absolute Gasteiger partial charge is 0.387 e. The molecule has 1 heterocycles. The molecule has 1 unspecified atom stereocenters. The topological polar surface area (TPSA) is 58.0 Å². The van der Waals surface area contributed by atoms with Crippen LogP contribution in [0.3, 0.4) is 0 Å². The van der Waals surface area contributed by atoms with E-state index in [4.69, 9.17) is 11.6 Å². The molecular formula is C14H16ClN3O. The first-order chi connectivity index (χ1) is 9.08. The number of anilines is 1. The second-order valence-corrected chi connectivity index (χ2v) is 4.82. The van der Waals surface area contributed by atoms with Gasteiger partial charge in [0, 0.05) is 22.8 Å². The molecule has 0 bridgehead atoms. The zero-order valence-corrected chi connectivity index (χ0v) is 11.6. The SMILES string of the molecule is Cc1ncnc(NCC(O)c2ccc(Cl)cc2)c1C. The van der Waals surface area contributed by atoms with Crippen LogP contribution in [0, 0.1) is 13.8 Å². The Labute approximate surface area is 117 Å². The molecule has 2 N–H and O–H groups in total. The van der Waals surface area contributed by atoms with E-state index in [2.05, 4.69) is 15.3 Å². The summed E-state index contributed by atoms with van der Waals surface area (Å²) >= 11 is 5.81. The maximum atomic E-state index is 10.1. The van der Waals surface area contributed by atoms with Gasteiger partial charge in [-0.2, -0.15) is 0 Å². The number of aromatic nitrogens is 2. The molecule has 2 aromatic rings. The van der Waals surface area contributed by atoms with Crippen LogP contribution in [-0.4, -0.2) is 21.6 Å². The van der Waals surface area contributed by atoms with Crippen molar-refractivity contribution in [2.24, 2.45) is 0 Å². The standard InChI is InChI=1S/C14H16ClN3O/c1-9-10(2)17-8-18-14(9)16-7-13(19)11-3-5-12(15)6-4-11/h3-6,8,13,19H,7H2,1-2H3,(H,16,17,18). The van der Waals surface area contributed by atoms with Gasteiger partial charge in [0.05, 0.1) is 6.10 Å². The first kappa shape index (κ1) is 13.8. The van der Waals surface area contributed by atoms with Crippen molar-refractivity contribution >= 4 is 17.4 Å². The molecule has 0 aliphatic rings. The van der Waals surface area contributed by atoms with Gasteiger partial charge in [0.2, 0.25) is 0 Å². The van der Waals surface area contributed by atoms with E-state index in [9.17, 15) is 5.11 Å². The zero-order chi connectivity index (χ0) is 13.8. The van der Waals surface area contributed by atoms with Crippen molar-refractivity contribution in [3.8, 4) is 0 Å². The van der Waals surface area contributed by atoms with Crippen LogP contribution in [0.2, 0.25) is 5.02 Å². The Kier molecular flexibility index (Phi) is 4.35. The molecule has 0 aliphatic heterocycles. The fourth-order valence-electron chi connectivity index (χ4n) is 1.71. The van der Waals surface area contributed by atoms with Crippen molar-refractivity contribution < 1.29 is 5.11 Å². The summed E-state index contributed by atoms with van der Waals surface area (Å²) in [7, 11) is 0. The van der Waals surface area contributed by atoms with Gasteiger partial charge in [0.25, 0.3) is 0 Å². The van der Waals surface area contributed by atoms with E-state index >= 15 is 0 Å². The Bertz CT molecular complexity index is 557. The Hall–Kier alpha value is -1.65. The number of nitrogens with zero attached hydrogens (tertiary/aromatic N) is 2. The highest BCUT2D eigenvalue weighted by Gasteiger charge is 2.09. The average Bonchev–Trinajstić information content (AvgIpc) is 2.41. The van der Waals surface area contributed by atoms with Crippen LogP contribution in [0.1, 0.15) is 22.9 Å². The van der Waals surface area contributed by atoms with Crippen molar-refractivity contribution in [2.45, 2.75) is 20.0 Å². The maximum absolute atomic E-state index is 10.1. The lowest BCUT2D eigenvalue weighted by atomic mass is 10.1. The summed E-state index contributed by atoms with van der Waals surface area (Å²) in [4.78, 5) is 8.27. The van der Waals surface area contributed by atoms with Crippen LogP contribution in [0.5, 0.6) is 0 Å². The number of aliphatic hydroxyl groups is 1. The van der Waals surface area contributed by atoms with Crippen LogP contribution in [0.4, 0.5) is 5.82 Å². The third kappa shape index (κ3) is 3.43. The Morgan fingerprint density at radius 1 is 1.21 bits per heavy atom. The second-order valence-electron chi connectivity index (χ2n) is 4.38. The maximum Gasteiger partial charge on any atom is 0.132 e. The van der Waals surface area contributed by atoms with Gasteiger partial charge in [-0.05, 0) is 31.5 Å². The Morgan fingerprint density at radius 2 is 1.89 bits per heavy atom. The predicted molar refractivity (Wildman–Crippen MR) is 76.4 cm³/mol. The minimum absolute atomic E-state index is 0.388. The molecule has 0 saturated carbocycles. The van der Waals surface area contributed by atoms with Crippen LogP contribution in [-0.2, 0) is 0 Å². The van der Waals surface area contributed by atoms with E-state index in [1.54, 1.807) is 12.1 Å². The zero-order valence-electron chi connectivity index (χ0n) is 10.9. The molecule has 1 atom stereocenters. The van der Waals surface area contributed by atoms with Gasteiger partial charge in [0.1, 0.15) is 12.1 Å². The van der Waals surface area contributed by atoms with Gasteiger partial charge < -0.3 is 10.4 Å². The van der Waals surface area contributed by atoms with Crippen molar-refractivity contribution in [1.82, 2.24) is 9.97 Å². The lowest BCUT2D eigenvalue weighted by Crippen LogP contribution is -2.14. The van der Waals surface area contributed by atoms with Crippen LogP contribution in [0.25, 0.3) is 0 Å². The molecule has 2 rings (SSSR count). The smallest absolute Gasteiger partial charge is 0.132 e. The highest BCUT2D eigenvalue weighted by atomic mass is 35.5. The summed E-state index contributed by atoms with van der Waals surface area (Å²) in [6.07, 6.45) is 0.909. The number of hydrogen-bond acceptors (Lipinski definition) is 4. The monoisotopic (exact) mass is 277 g/mol. The van der Waals surface area contributed by atoms with Gasteiger partial charge in [-0.15, -0.1) is 0 Å². The molecule has 100 valence electrons. The van der Waals surface area contributed by atoms with Crippen LogP contribution in [0.15, 0.2) is 30.6 Å². The van der Waals surface area contributed by atoms with Gasteiger partial charge in [-0.25, -0.2) is 9.97 Å². The highest BCUT2D eigenvalue weighted by Crippen LogP contribution is 2.18. The summed E-state index contributed by atoms with van der Waals surface area (Å²) in [5.74, 6) is 0.750. The van der Waals surface area contributed by atoms with E-state index in [0.717, 1.165) is 22.6 Å². The van der Waals surface area contributed by atoms with Gasteiger partial charge >= 0.3 is 0 Å². The highest BCUT2D eigenvalue weighted by molar-refractivity contribution is 6.30. The van der Waals surface area contributed by atoms with Crippen LogP contribution < -0.4 is 5.32 Å². The fraction of sp³-hybridized carbons (Fsp3) is 0.286. The minimum atomic E-state index is -0.605. The molecule has 0 amide bonds. The number of aliphatic hydroxyl groups excluding tert-OH is 1. The number of halogens is 1. The predicted octanol–water partition coefficient (Wildman–Crippen LogP) is 2.89. The normalized spacial score (nSPS) is 12.2. The molecule has 5 heteroatoms. The molecule has 0 saturated heterocycles. The molecule has 0 spiro atoms. The number of aryl methyl sites for hydroxylation is 1. The summed E-state index contributed by atoms with van der Waals surface area (Å²) in [6, 6.07) is 7.15. The second kappa shape index (κ2) is 5.99. The molecular weight excluding hydrogens is 262 g/mol. The van der Waals surface area contributed by atoms with Gasteiger partial charge in [-0.1, -0.05) is 23.7 Å². The number of rotatable bonds is 4. The van der Waals surface area contributed by atoms with Gasteiger partial charge in [0.15, 0.2) is 0 Å². The first-order valence-electron chi connectivity index (χ1n) is 6.03. The average molecular weight is 278 g/mol. The molecule has 0 aliphatic carbocycles. The Balaban J connectivity index is 2.02. The molecule has 0 fully saturated rings. The summed E-state index contributed by atoms with van der Waals surface area (Å²) in [5, 5.41) is 13.9. The lowest BCUT2D eigenvalue weighted by Gasteiger charge is -2.14. The number of benzene rings is 1. The van der Waals surface area contributed by atoms with Crippen molar-refractivity contribution in [2.75, 3.05) is 11.9 Å². The summed E-state index contributed by atoms with van der Waals surface area (Å²) < 4.78 is 0. The van der Waals surface area contributed by atoms with E-state index in [-0.39, 0.29) is 0 Å². The number of nitrogens with one attached hydrogen (secondary N) is 1. The van der Waals surface area contributed by atoms with Gasteiger partial charge in [-0.3, -0.25) is 0 Å². The van der Waals surface area contributed by atoms with Crippen molar-refractivity contribution in [1.29, 1.82) is 0 Å². The van der Waals surface area contributed by atoms with E-state index < -0.39 is 6.10 Å². The Morgan fingerprint density at radius 3 is 2.58 bits per heavy atom. The van der Waals surface area contributed by atoms with Crippen molar-refractivity contribution in [3.05, 3.63) is 52.4 Å². The van der Waals surface area contributed by atoms with Crippen LogP contribution >= 0.6 is 11.6 Å². The molecule has 1 aromatic carbocycles. The van der Waals surface area contributed by atoms with E-state index in [1.165, 1.54) is 6.33 Å². The first-order valence-corrected chi connectivity index (χ1v) is 6.41. The van der Waals surface area contributed by atoms with Crippen molar-refractivity contribution in [3.63, 3.8) is 0 Å². The summed E-state index contributed by atoms with van der Waals surface area (Å²) in [5.41, 5.74) is 2.74. The third-order valence-electron chi connectivity index (χ3n) is 3.05. The summed E-state index contributed by atoms with van der Waals surface area (Å²) in [6.45, 7) is 4.27. The third-order valence-corrected chi connectivity index (χ3v) is 3.31. The van der Waals surface area contributed by atoms with E-state index in [0.29, 0.717) is 11.6 Å². The molecule has 4 nitrogen and oxygen atoms in total. The number of hydrogen-bond donors (Lipinski definition) is 2. The molecule has 1 aromatic heterocycles. The minimum Gasteiger partial charge on any atom is -0.387 e. The lowest BCUT2D eigenvalue weighted by molar-refractivity contribution is 0.191. The molecule has 19 heavy (non-hydrogen) atoms. The molecule has 0 radical (unpaired) electrons.